The molecule has 0 amide bonds. The van der Waals surface area contributed by atoms with E-state index < -0.39 is 0 Å². The molecule has 0 aliphatic carbocycles. The Hall–Kier alpha value is -1.84. The first-order valence-corrected chi connectivity index (χ1v) is 7.08. The quantitative estimate of drug-likeness (QED) is 0.912. The fraction of sp³-hybridized carbons (Fsp3) is 0.438. The molecule has 0 atom stereocenters. The fourth-order valence-corrected chi connectivity index (χ4v) is 2.49. The van der Waals surface area contributed by atoms with Crippen LogP contribution in [-0.2, 0) is 6.42 Å². The zero-order valence-electron chi connectivity index (χ0n) is 12.6. The Balaban J connectivity index is 2.63. The first kappa shape index (κ1) is 14.6. The number of aromatic nitrogens is 2. The molecule has 0 aliphatic rings. The van der Waals surface area contributed by atoms with Crippen LogP contribution in [-0.4, -0.2) is 9.55 Å². The lowest BCUT2D eigenvalue weighted by atomic mass is 10.1. The molecule has 0 saturated heterocycles. The monoisotopic (exact) mass is 275 g/mol. The molecule has 1 aromatic heterocycles. The van der Waals surface area contributed by atoms with Crippen molar-refractivity contribution < 1.29 is 4.39 Å². The fourth-order valence-electron chi connectivity index (χ4n) is 2.49. The summed E-state index contributed by atoms with van der Waals surface area (Å²) in [4.78, 5) is 4.59. The summed E-state index contributed by atoms with van der Waals surface area (Å²) < 4.78 is 16.1. The van der Waals surface area contributed by atoms with E-state index in [1.54, 1.807) is 12.1 Å². The zero-order valence-corrected chi connectivity index (χ0v) is 12.6. The highest BCUT2D eigenvalue weighted by Gasteiger charge is 2.19. The molecule has 0 fully saturated rings. The van der Waals surface area contributed by atoms with Crippen molar-refractivity contribution in [2.45, 2.75) is 46.6 Å². The third-order valence-electron chi connectivity index (χ3n) is 3.39. The van der Waals surface area contributed by atoms with Crippen molar-refractivity contribution in [1.82, 2.24) is 9.55 Å². The molecule has 0 aliphatic heterocycles. The summed E-state index contributed by atoms with van der Waals surface area (Å²) in [5, 5.41) is 0. The first-order valence-electron chi connectivity index (χ1n) is 7.08. The zero-order chi connectivity index (χ0) is 14.9. The second-order valence-corrected chi connectivity index (χ2v) is 5.46. The molecule has 3 nitrogen and oxygen atoms in total. The topological polar surface area (TPSA) is 43.8 Å². The van der Waals surface area contributed by atoms with Gasteiger partial charge in [0.05, 0.1) is 0 Å². The summed E-state index contributed by atoms with van der Waals surface area (Å²) in [7, 11) is 0. The number of benzene rings is 1. The predicted molar refractivity (Wildman–Crippen MR) is 81.2 cm³/mol. The molecule has 1 aromatic carbocycles. The van der Waals surface area contributed by atoms with E-state index in [9.17, 15) is 4.39 Å². The standard InChI is InChI=1S/C16H22FN3/c1-5-6-14-19-15(16(18)20(14)10(2)3)12-9-11(4)7-8-13(12)17/h7-10H,5-6,18H2,1-4H3. The van der Waals surface area contributed by atoms with Gasteiger partial charge in [0.2, 0.25) is 0 Å². The normalized spacial score (nSPS) is 11.3. The van der Waals surface area contributed by atoms with Crippen LogP contribution in [0.25, 0.3) is 11.3 Å². The molecule has 0 unspecified atom stereocenters. The van der Waals surface area contributed by atoms with Crippen molar-refractivity contribution in [1.29, 1.82) is 0 Å². The SMILES string of the molecule is CCCc1nc(-c2cc(C)ccc2F)c(N)n1C(C)C. The van der Waals surface area contributed by atoms with Crippen LogP contribution in [0.5, 0.6) is 0 Å². The van der Waals surface area contributed by atoms with Crippen molar-refractivity contribution >= 4 is 5.82 Å². The lowest BCUT2D eigenvalue weighted by molar-refractivity contribution is 0.571. The van der Waals surface area contributed by atoms with Gasteiger partial charge in [0, 0.05) is 18.0 Å². The number of nitrogens with zero attached hydrogens (tertiary/aromatic N) is 2. The van der Waals surface area contributed by atoms with E-state index in [1.807, 2.05) is 11.5 Å². The molecule has 0 spiro atoms. The highest BCUT2D eigenvalue weighted by atomic mass is 19.1. The van der Waals surface area contributed by atoms with Crippen LogP contribution in [0.3, 0.4) is 0 Å². The molecule has 20 heavy (non-hydrogen) atoms. The minimum absolute atomic E-state index is 0.214. The van der Waals surface area contributed by atoms with E-state index in [-0.39, 0.29) is 11.9 Å². The van der Waals surface area contributed by atoms with Crippen LogP contribution >= 0.6 is 0 Å². The Morgan fingerprint density at radius 1 is 1.35 bits per heavy atom. The number of rotatable bonds is 4. The van der Waals surface area contributed by atoms with Gasteiger partial charge >= 0.3 is 0 Å². The Morgan fingerprint density at radius 3 is 2.65 bits per heavy atom. The highest BCUT2D eigenvalue weighted by molar-refractivity contribution is 5.72. The maximum absolute atomic E-state index is 14.1. The summed E-state index contributed by atoms with van der Waals surface area (Å²) in [5.41, 5.74) is 8.26. The van der Waals surface area contributed by atoms with Crippen molar-refractivity contribution in [3.8, 4) is 11.3 Å². The summed E-state index contributed by atoms with van der Waals surface area (Å²) in [6.07, 6.45) is 1.83. The van der Waals surface area contributed by atoms with E-state index in [1.165, 1.54) is 6.07 Å². The Labute approximate surface area is 119 Å². The van der Waals surface area contributed by atoms with Gasteiger partial charge in [0.25, 0.3) is 0 Å². The number of imidazole rings is 1. The summed E-state index contributed by atoms with van der Waals surface area (Å²) in [6, 6.07) is 5.24. The van der Waals surface area contributed by atoms with Crippen molar-refractivity contribution in [3.63, 3.8) is 0 Å². The number of hydrogen-bond acceptors (Lipinski definition) is 2. The van der Waals surface area contributed by atoms with Gasteiger partial charge in [0.1, 0.15) is 23.2 Å². The number of nitrogen functional groups attached to an aromatic ring is 1. The van der Waals surface area contributed by atoms with Crippen LogP contribution in [0.1, 0.15) is 44.6 Å². The van der Waals surface area contributed by atoms with E-state index in [4.69, 9.17) is 5.73 Å². The van der Waals surface area contributed by atoms with Crippen LogP contribution in [0.2, 0.25) is 0 Å². The second kappa shape index (κ2) is 5.65. The molecule has 2 rings (SSSR count). The molecule has 2 N–H and O–H groups in total. The highest BCUT2D eigenvalue weighted by Crippen LogP contribution is 2.31. The van der Waals surface area contributed by atoms with Crippen molar-refractivity contribution in [3.05, 3.63) is 35.4 Å². The average molecular weight is 275 g/mol. The predicted octanol–water partition coefficient (Wildman–Crippen LogP) is 4.11. The summed E-state index contributed by atoms with van der Waals surface area (Å²) in [5.74, 6) is 1.20. The maximum Gasteiger partial charge on any atom is 0.132 e. The first-order chi connectivity index (χ1) is 9.45. The molecule has 1 heterocycles. The van der Waals surface area contributed by atoms with E-state index in [2.05, 4.69) is 25.8 Å². The van der Waals surface area contributed by atoms with Gasteiger partial charge in [-0.2, -0.15) is 0 Å². The van der Waals surface area contributed by atoms with Gasteiger partial charge in [-0.15, -0.1) is 0 Å². The third-order valence-corrected chi connectivity index (χ3v) is 3.39. The molecular formula is C16H22FN3. The third kappa shape index (κ3) is 2.55. The number of hydrogen-bond donors (Lipinski definition) is 1. The Bertz CT molecular complexity index is 614. The van der Waals surface area contributed by atoms with Gasteiger partial charge in [-0.1, -0.05) is 18.6 Å². The van der Waals surface area contributed by atoms with Gasteiger partial charge in [-0.25, -0.2) is 9.37 Å². The summed E-state index contributed by atoms with van der Waals surface area (Å²) in [6.45, 7) is 8.16. The van der Waals surface area contributed by atoms with E-state index in [0.717, 1.165) is 24.2 Å². The number of nitrogens with two attached hydrogens (primary N) is 1. The minimum Gasteiger partial charge on any atom is -0.383 e. The number of aryl methyl sites for hydroxylation is 2. The van der Waals surface area contributed by atoms with Gasteiger partial charge in [0.15, 0.2) is 0 Å². The van der Waals surface area contributed by atoms with Crippen molar-refractivity contribution in [2.24, 2.45) is 0 Å². The van der Waals surface area contributed by atoms with Gasteiger partial charge in [-0.05, 0) is 39.3 Å². The van der Waals surface area contributed by atoms with E-state index >= 15 is 0 Å². The molecule has 0 radical (unpaired) electrons. The lowest BCUT2D eigenvalue weighted by Gasteiger charge is -2.13. The van der Waals surface area contributed by atoms with Crippen LogP contribution in [0.15, 0.2) is 18.2 Å². The van der Waals surface area contributed by atoms with E-state index in [0.29, 0.717) is 17.1 Å². The Kier molecular flexibility index (Phi) is 4.12. The molecule has 0 bridgehead atoms. The molecule has 2 aromatic rings. The molecular weight excluding hydrogens is 253 g/mol. The number of halogens is 1. The lowest BCUT2D eigenvalue weighted by Crippen LogP contribution is -2.09. The Morgan fingerprint density at radius 2 is 2.05 bits per heavy atom. The molecule has 0 saturated carbocycles. The van der Waals surface area contributed by atoms with Gasteiger partial charge in [-0.3, -0.25) is 0 Å². The second-order valence-electron chi connectivity index (χ2n) is 5.46. The van der Waals surface area contributed by atoms with Crippen LogP contribution in [0, 0.1) is 12.7 Å². The average Bonchev–Trinajstić information content (AvgIpc) is 2.70. The van der Waals surface area contributed by atoms with Crippen molar-refractivity contribution in [2.75, 3.05) is 5.73 Å². The minimum atomic E-state index is -0.279. The van der Waals surface area contributed by atoms with Crippen LogP contribution < -0.4 is 5.73 Å². The van der Waals surface area contributed by atoms with Gasteiger partial charge < -0.3 is 10.3 Å². The molecule has 108 valence electrons. The smallest absolute Gasteiger partial charge is 0.132 e. The number of anilines is 1. The summed E-state index contributed by atoms with van der Waals surface area (Å²) >= 11 is 0. The van der Waals surface area contributed by atoms with Crippen LogP contribution in [0.4, 0.5) is 10.2 Å². The maximum atomic E-state index is 14.1. The molecule has 4 heteroatoms. The largest absolute Gasteiger partial charge is 0.383 e.